The number of benzene rings is 1. The van der Waals surface area contributed by atoms with Gasteiger partial charge in [0.25, 0.3) is 5.56 Å². The number of carbonyl (C=O) groups excluding carboxylic acids is 1. The number of nitrogens with zero attached hydrogens (tertiary/aromatic N) is 6. The van der Waals surface area contributed by atoms with Gasteiger partial charge in [-0.15, -0.1) is 12.4 Å². The first kappa shape index (κ1) is 23.3. The van der Waals surface area contributed by atoms with Crippen molar-refractivity contribution in [3.05, 3.63) is 58.1 Å². The van der Waals surface area contributed by atoms with Crippen LogP contribution in [0.25, 0.3) is 11.0 Å². The second-order valence-electron chi connectivity index (χ2n) is 8.02. The van der Waals surface area contributed by atoms with Gasteiger partial charge < -0.3 is 20.1 Å². The quantitative estimate of drug-likeness (QED) is 0.646. The fourth-order valence-corrected chi connectivity index (χ4v) is 4.12. The Bertz CT molecular complexity index is 1230. The lowest BCUT2D eigenvalue weighted by Gasteiger charge is -2.33. The van der Waals surface area contributed by atoms with E-state index in [9.17, 15) is 14.9 Å². The van der Waals surface area contributed by atoms with Gasteiger partial charge in [-0.3, -0.25) is 4.79 Å². The van der Waals surface area contributed by atoms with Crippen molar-refractivity contribution >= 4 is 35.3 Å². The minimum absolute atomic E-state index is 0. The van der Waals surface area contributed by atoms with Crippen molar-refractivity contribution in [2.45, 2.75) is 25.4 Å². The Balaban J connectivity index is 0.00000289. The lowest BCUT2D eigenvalue weighted by molar-refractivity contribution is 0.218. The number of piperidine rings is 1. The molecule has 1 atom stereocenters. The Morgan fingerprint density at radius 2 is 2.03 bits per heavy atom. The number of hydrogen-bond donors (Lipinski definition) is 1. The Morgan fingerprint density at radius 3 is 2.66 bits per heavy atom. The summed E-state index contributed by atoms with van der Waals surface area (Å²) in [7, 11) is 3.15. The summed E-state index contributed by atoms with van der Waals surface area (Å²) in [4.78, 5) is 33.7. The number of amides is 1. The number of rotatable bonds is 3. The molecule has 32 heavy (non-hydrogen) atoms. The van der Waals surface area contributed by atoms with Crippen molar-refractivity contribution in [1.82, 2.24) is 19.0 Å². The van der Waals surface area contributed by atoms with Gasteiger partial charge in [0.15, 0.2) is 0 Å². The molecule has 0 aliphatic carbocycles. The first-order chi connectivity index (χ1) is 14.9. The summed E-state index contributed by atoms with van der Waals surface area (Å²) in [5.41, 5.74) is 7.57. The molecule has 1 aromatic carbocycles. The third-order valence-electron chi connectivity index (χ3n) is 5.58. The van der Waals surface area contributed by atoms with Gasteiger partial charge in [-0.25, -0.2) is 14.3 Å². The Labute approximate surface area is 192 Å². The zero-order chi connectivity index (χ0) is 22.1. The van der Waals surface area contributed by atoms with E-state index in [-0.39, 0.29) is 24.0 Å². The maximum absolute atomic E-state index is 13.4. The molecule has 3 heterocycles. The van der Waals surface area contributed by atoms with Gasteiger partial charge in [0.1, 0.15) is 34.8 Å². The maximum atomic E-state index is 13.4. The first-order valence-electron chi connectivity index (χ1n) is 10.2. The molecule has 1 aliphatic heterocycles. The summed E-state index contributed by atoms with van der Waals surface area (Å²) in [6.45, 7) is 1.69. The highest BCUT2D eigenvalue weighted by Gasteiger charge is 2.29. The smallest absolute Gasteiger partial charge is 0.331 e. The topological polar surface area (TPSA) is 113 Å². The van der Waals surface area contributed by atoms with Crippen LogP contribution >= 0.6 is 12.4 Å². The van der Waals surface area contributed by atoms with Crippen LogP contribution < -0.4 is 16.2 Å². The van der Waals surface area contributed by atoms with E-state index < -0.39 is 11.6 Å². The second kappa shape index (κ2) is 9.42. The first-order valence-corrected chi connectivity index (χ1v) is 10.2. The molecule has 0 bridgehead atoms. The largest absolute Gasteiger partial charge is 0.355 e. The lowest BCUT2D eigenvalue weighted by atomic mass is 10.1. The van der Waals surface area contributed by atoms with E-state index in [1.54, 1.807) is 14.1 Å². The van der Waals surface area contributed by atoms with Gasteiger partial charge in [0.2, 0.25) is 0 Å². The maximum Gasteiger partial charge on any atom is 0.331 e. The molecule has 2 N–H and O–H groups in total. The molecular weight excluding hydrogens is 430 g/mol. The standard InChI is InChI=1S/C22H25N7O2.ClH/c1-26(2)22(31)29-14-25-18-17(11-23)20(27-10-6-9-16(24)13-27)28(19(18)21(29)30)12-15-7-4-3-5-8-15;/h3-5,7-8,14,16H,6,9-10,12-13,24H2,1-2H3;1H/t16-;/m0./s1. The van der Waals surface area contributed by atoms with E-state index in [0.29, 0.717) is 30.0 Å². The lowest BCUT2D eigenvalue weighted by Crippen LogP contribution is -2.44. The molecule has 9 nitrogen and oxygen atoms in total. The van der Waals surface area contributed by atoms with Crippen molar-refractivity contribution in [2.75, 3.05) is 32.1 Å². The van der Waals surface area contributed by atoms with Gasteiger partial charge >= 0.3 is 6.03 Å². The normalized spacial score (nSPS) is 15.8. The highest BCUT2D eigenvalue weighted by Crippen LogP contribution is 2.32. The predicted molar refractivity (Wildman–Crippen MR) is 125 cm³/mol. The SMILES string of the molecule is CN(C)C(=O)n1cnc2c(C#N)c(N3CCC[C@H](N)C3)n(Cc3ccccc3)c2c1=O.Cl. The van der Waals surface area contributed by atoms with Crippen LogP contribution in [0.1, 0.15) is 24.0 Å². The molecule has 0 radical (unpaired) electrons. The summed E-state index contributed by atoms with van der Waals surface area (Å²) in [5, 5.41) is 10.0. The Morgan fingerprint density at radius 1 is 1.31 bits per heavy atom. The van der Waals surface area contributed by atoms with Crippen LogP contribution in [0.5, 0.6) is 0 Å². The van der Waals surface area contributed by atoms with Crippen LogP contribution in [0.3, 0.4) is 0 Å². The van der Waals surface area contributed by atoms with Crippen molar-refractivity contribution in [3.8, 4) is 6.07 Å². The van der Waals surface area contributed by atoms with Crippen molar-refractivity contribution in [1.29, 1.82) is 5.26 Å². The monoisotopic (exact) mass is 455 g/mol. The van der Waals surface area contributed by atoms with Crippen LogP contribution in [-0.2, 0) is 6.54 Å². The summed E-state index contributed by atoms with van der Waals surface area (Å²) < 4.78 is 2.80. The van der Waals surface area contributed by atoms with Crippen molar-refractivity contribution in [3.63, 3.8) is 0 Å². The average Bonchev–Trinajstić information content (AvgIpc) is 3.08. The fraction of sp³-hybridized carbons (Fsp3) is 0.364. The van der Waals surface area contributed by atoms with E-state index in [0.717, 1.165) is 29.5 Å². The van der Waals surface area contributed by atoms with E-state index in [1.807, 2.05) is 34.9 Å². The molecule has 2 aromatic heterocycles. The van der Waals surface area contributed by atoms with Crippen LogP contribution in [0.15, 0.2) is 41.5 Å². The summed E-state index contributed by atoms with van der Waals surface area (Å²) in [5.74, 6) is 0.635. The summed E-state index contributed by atoms with van der Waals surface area (Å²) in [6, 6.07) is 11.4. The van der Waals surface area contributed by atoms with Gasteiger partial charge in [-0.05, 0) is 18.4 Å². The number of nitrogens with two attached hydrogens (primary N) is 1. The van der Waals surface area contributed by atoms with Crippen LogP contribution in [0.2, 0.25) is 0 Å². The van der Waals surface area contributed by atoms with E-state index >= 15 is 0 Å². The highest BCUT2D eigenvalue weighted by molar-refractivity contribution is 5.91. The number of hydrogen-bond acceptors (Lipinski definition) is 6. The van der Waals surface area contributed by atoms with Crippen molar-refractivity contribution in [2.24, 2.45) is 5.73 Å². The summed E-state index contributed by atoms with van der Waals surface area (Å²) >= 11 is 0. The van der Waals surface area contributed by atoms with Crippen LogP contribution in [0.4, 0.5) is 10.6 Å². The predicted octanol–water partition coefficient (Wildman–Crippen LogP) is 2.00. The zero-order valence-electron chi connectivity index (χ0n) is 18.1. The molecule has 1 amide bonds. The number of carbonyl (C=O) groups is 1. The molecule has 0 saturated carbocycles. The molecule has 168 valence electrons. The Hall–Kier alpha value is -3.35. The van der Waals surface area contributed by atoms with Gasteiger partial charge in [0.05, 0.1) is 0 Å². The van der Waals surface area contributed by atoms with Crippen LogP contribution in [0, 0.1) is 11.3 Å². The molecule has 0 spiro atoms. The van der Waals surface area contributed by atoms with Gasteiger partial charge in [0, 0.05) is 39.8 Å². The van der Waals surface area contributed by atoms with E-state index in [4.69, 9.17) is 5.73 Å². The third kappa shape index (κ3) is 4.07. The number of aromatic nitrogens is 3. The van der Waals surface area contributed by atoms with Gasteiger partial charge in [-0.2, -0.15) is 5.26 Å². The number of halogens is 1. The number of fused-ring (bicyclic) bond motifs is 1. The molecule has 10 heteroatoms. The molecule has 1 aliphatic rings. The Kier molecular flexibility index (Phi) is 6.87. The molecule has 1 saturated heterocycles. The average molecular weight is 456 g/mol. The van der Waals surface area contributed by atoms with E-state index in [2.05, 4.69) is 16.0 Å². The molecule has 3 aromatic rings. The summed E-state index contributed by atoms with van der Waals surface area (Å²) in [6.07, 6.45) is 3.02. The van der Waals surface area contributed by atoms with E-state index in [1.165, 1.54) is 11.2 Å². The van der Waals surface area contributed by atoms with Crippen LogP contribution in [-0.4, -0.2) is 58.3 Å². The van der Waals surface area contributed by atoms with Crippen molar-refractivity contribution < 1.29 is 4.79 Å². The fourth-order valence-electron chi connectivity index (χ4n) is 4.12. The highest BCUT2D eigenvalue weighted by atomic mass is 35.5. The molecule has 0 unspecified atom stereocenters. The third-order valence-corrected chi connectivity index (χ3v) is 5.58. The molecule has 4 rings (SSSR count). The molecule has 1 fully saturated rings. The second-order valence-corrected chi connectivity index (χ2v) is 8.02. The van der Waals surface area contributed by atoms with Gasteiger partial charge in [-0.1, -0.05) is 30.3 Å². The zero-order valence-corrected chi connectivity index (χ0v) is 18.9. The number of anilines is 1. The minimum atomic E-state index is -0.497. The minimum Gasteiger partial charge on any atom is -0.355 e. The number of nitriles is 1. The molecular formula is C22H26ClN7O2.